The fraction of sp³-hybridized carbons (Fsp3) is 0.533. The van der Waals surface area contributed by atoms with Crippen LogP contribution in [0.4, 0.5) is 0 Å². The van der Waals surface area contributed by atoms with E-state index in [2.05, 4.69) is 24.1 Å². The minimum absolute atomic E-state index is 0.117. The van der Waals surface area contributed by atoms with Crippen molar-refractivity contribution in [2.24, 2.45) is 5.41 Å². The topological polar surface area (TPSA) is 20.3 Å². The van der Waals surface area contributed by atoms with Gasteiger partial charge in [0.05, 0.1) is 6.54 Å². The standard InChI is InChI=1S/C15H21NO/c1-5-11-16(14(17)15(2,3)4)12-13-9-7-6-8-10-13/h1,6-7,9H,8,10-12H2,2-4H3. The number of hydrogen-bond donors (Lipinski definition) is 0. The van der Waals surface area contributed by atoms with E-state index in [1.165, 1.54) is 5.57 Å². The van der Waals surface area contributed by atoms with Gasteiger partial charge in [0.25, 0.3) is 0 Å². The summed E-state index contributed by atoms with van der Waals surface area (Å²) in [6, 6.07) is 0. The fourth-order valence-electron chi connectivity index (χ4n) is 1.81. The molecule has 0 spiro atoms. The Morgan fingerprint density at radius 1 is 1.53 bits per heavy atom. The molecule has 0 radical (unpaired) electrons. The fourth-order valence-corrected chi connectivity index (χ4v) is 1.81. The number of hydrogen-bond acceptors (Lipinski definition) is 1. The van der Waals surface area contributed by atoms with Crippen LogP contribution in [0.15, 0.2) is 23.8 Å². The van der Waals surface area contributed by atoms with Crippen LogP contribution in [0.1, 0.15) is 33.6 Å². The Balaban J connectivity index is 2.73. The highest BCUT2D eigenvalue weighted by Crippen LogP contribution is 2.20. The monoisotopic (exact) mass is 231 g/mol. The summed E-state index contributed by atoms with van der Waals surface area (Å²) in [7, 11) is 0. The second-order valence-corrected chi connectivity index (χ2v) is 5.41. The summed E-state index contributed by atoms with van der Waals surface area (Å²) in [5.41, 5.74) is 0.905. The molecule has 0 unspecified atom stereocenters. The Morgan fingerprint density at radius 3 is 2.71 bits per heavy atom. The summed E-state index contributed by atoms with van der Waals surface area (Å²) in [5, 5.41) is 0. The number of allylic oxidation sites excluding steroid dienone is 3. The third kappa shape index (κ3) is 4.11. The van der Waals surface area contributed by atoms with Gasteiger partial charge < -0.3 is 4.90 Å². The molecule has 1 aliphatic rings. The number of nitrogens with zero attached hydrogens (tertiary/aromatic N) is 1. The molecule has 1 amide bonds. The van der Waals surface area contributed by atoms with Crippen molar-refractivity contribution in [3.8, 4) is 12.3 Å². The number of rotatable bonds is 3. The molecule has 1 aliphatic carbocycles. The molecule has 0 aromatic rings. The van der Waals surface area contributed by atoms with E-state index in [-0.39, 0.29) is 11.3 Å². The molecule has 0 aromatic heterocycles. The lowest BCUT2D eigenvalue weighted by Crippen LogP contribution is -2.40. The second-order valence-electron chi connectivity index (χ2n) is 5.41. The van der Waals surface area contributed by atoms with Crippen molar-refractivity contribution >= 4 is 5.91 Å². The Hall–Kier alpha value is -1.49. The maximum atomic E-state index is 12.2. The van der Waals surface area contributed by atoms with Gasteiger partial charge in [-0.25, -0.2) is 0 Å². The molecule has 2 nitrogen and oxygen atoms in total. The summed E-state index contributed by atoms with van der Waals surface area (Å²) < 4.78 is 0. The maximum absolute atomic E-state index is 12.2. The van der Waals surface area contributed by atoms with Crippen molar-refractivity contribution < 1.29 is 4.79 Å². The lowest BCUT2D eigenvalue weighted by Gasteiger charge is -2.29. The van der Waals surface area contributed by atoms with Gasteiger partial charge in [-0.05, 0) is 12.8 Å². The molecule has 0 atom stereocenters. The van der Waals surface area contributed by atoms with Gasteiger partial charge in [0, 0.05) is 12.0 Å². The summed E-state index contributed by atoms with van der Waals surface area (Å²) in [6.07, 6.45) is 13.7. The molecule has 0 bridgehead atoms. The third-order valence-electron chi connectivity index (χ3n) is 2.71. The lowest BCUT2D eigenvalue weighted by atomic mass is 9.94. The van der Waals surface area contributed by atoms with Gasteiger partial charge in [0.2, 0.25) is 5.91 Å². The summed E-state index contributed by atoms with van der Waals surface area (Å²) in [5.74, 6) is 2.69. The number of carbonyl (C=O) groups is 1. The van der Waals surface area contributed by atoms with Crippen LogP contribution in [0, 0.1) is 17.8 Å². The van der Waals surface area contributed by atoms with Crippen LogP contribution in [0.2, 0.25) is 0 Å². The quantitative estimate of drug-likeness (QED) is 0.684. The van der Waals surface area contributed by atoms with Gasteiger partial charge in [0.15, 0.2) is 0 Å². The van der Waals surface area contributed by atoms with Gasteiger partial charge in [0.1, 0.15) is 0 Å². The van der Waals surface area contributed by atoms with E-state index in [9.17, 15) is 4.79 Å². The molecule has 0 fully saturated rings. The Bertz CT molecular complexity index is 377. The Labute approximate surface area is 104 Å². The first-order chi connectivity index (χ1) is 7.95. The number of amides is 1. The number of terminal acetylenes is 1. The lowest BCUT2D eigenvalue weighted by molar-refractivity contribution is -0.138. The Morgan fingerprint density at radius 2 is 2.24 bits per heavy atom. The summed E-state index contributed by atoms with van der Waals surface area (Å²) >= 11 is 0. The molecule has 0 N–H and O–H groups in total. The normalized spacial score (nSPS) is 15.1. The van der Waals surface area contributed by atoms with Gasteiger partial charge in [-0.3, -0.25) is 4.79 Å². The van der Waals surface area contributed by atoms with Gasteiger partial charge >= 0.3 is 0 Å². The van der Waals surface area contributed by atoms with Crippen molar-refractivity contribution in [1.82, 2.24) is 4.90 Å². The molecular weight excluding hydrogens is 210 g/mol. The van der Waals surface area contributed by atoms with Crippen molar-refractivity contribution in [1.29, 1.82) is 0 Å². The van der Waals surface area contributed by atoms with Crippen LogP contribution in [-0.4, -0.2) is 23.9 Å². The maximum Gasteiger partial charge on any atom is 0.229 e. The van der Waals surface area contributed by atoms with Crippen LogP contribution in [0.25, 0.3) is 0 Å². The molecule has 1 rings (SSSR count). The predicted molar refractivity (Wildman–Crippen MR) is 71.3 cm³/mol. The zero-order chi connectivity index (χ0) is 12.9. The molecule has 17 heavy (non-hydrogen) atoms. The molecule has 2 heteroatoms. The van der Waals surface area contributed by atoms with Gasteiger partial charge in [-0.1, -0.05) is 50.5 Å². The summed E-state index contributed by atoms with van der Waals surface area (Å²) in [4.78, 5) is 14.0. The van der Waals surface area contributed by atoms with E-state index in [4.69, 9.17) is 6.42 Å². The minimum atomic E-state index is -0.373. The first-order valence-corrected chi connectivity index (χ1v) is 6.02. The average Bonchev–Trinajstić information content (AvgIpc) is 2.28. The molecule has 0 aliphatic heterocycles. The average molecular weight is 231 g/mol. The van der Waals surface area contributed by atoms with E-state index < -0.39 is 0 Å². The smallest absolute Gasteiger partial charge is 0.229 e. The van der Waals surface area contributed by atoms with Crippen LogP contribution in [-0.2, 0) is 4.79 Å². The van der Waals surface area contributed by atoms with Crippen LogP contribution < -0.4 is 0 Å². The molecule has 0 aromatic carbocycles. The summed E-state index contributed by atoms with van der Waals surface area (Å²) in [6.45, 7) is 6.82. The largest absolute Gasteiger partial charge is 0.327 e. The minimum Gasteiger partial charge on any atom is -0.327 e. The highest BCUT2D eigenvalue weighted by Gasteiger charge is 2.27. The van der Waals surface area contributed by atoms with Crippen molar-refractivity contribution in [2.75, 3.05) is 13.1 Å². The zero-order valence-electron chi connectivity index (χ0n) is 11.0. The van der Waals surface area contributed by atoms with E-state index in [0.717, 1.165) is 12.8 Å². The van der Waals surface area contributed by atoms with Crippen LogP contribution in [0.5, 0.6) is 0 Å². The molecule has 92 valence electrons. The highest BCUT2D eigenvalue weighted by atomic mass is 16.2. The first-order valence-electron chi connectivity index (χ1n) is 6.02. The SMILES string of the molecule is C#CCN(CC1=CC=CCC1)C(=O)C(C)(C)C. The third-order valence-corrected chi connectivity index (χ3v) is 2.71. The highest BCUT2D eigenvalue weighted by molar-refractivity contribution is 5.82. The van der Waals surface area contributed by atoms with E-state index in [1.807, 2.05) is 20.8 Å². The van der Waals surface area contributed by atoms with E-state index in [1.54, 1.807) is 4.90 Å². The second kappa shape index (κ2) is 5.72. The molecule has 0 saturated carbocycles. The van der Waals surface area contributed by atoms with E-state index in [0.29, 0.717) is 13.1 Å². The Kier molecular flexibility index (Phi) is 4.57. The predicted octanol–water partition coefficient (Wildman–Crippen LogP) is 2.77. The van der Waals surface area contributed by atoms with Gasteiger partial charge in [-0.2, -0.15) is 0 Å². The van der Waals surface area contributed by atoms with Crippen molar-refractivity contribution in [2.45, 2.75) is 33.6 Å². The molecule has 0 heterocycles. The van der Waals surface area contributed by atoms with E-state index >= 15 is 0 Å². The molecule has 0 saturated heterocycles. The van der Waals surface area contributed by atoms with Crippen molar-refractivity contribution in [3.05, 3.63) is 23.8 Å². The van der Waals surface area contributed by atoms with Crippen molar-refractivity contribution in [3.63, 3.8) is 0 Å². The van der Waals surface area contributed by atoms with Gasteiger partial charge in [-0.15, -0.1) is 6.42 Å². The van der Waals surface area contributed by atoms with Crippen LogP contribution in [0.3, 0.4) is 0 Å². The number of carbonyl (C=O) groups excluding carboxylic acids is 1. The molecular formula is C15H21NO. The zero-order valence-corrected chi connectivity index (χ0v) is 11.0. The first kappa shape index (κ1) is 13.6. The van der Waals surface area contributed by atoms with Crippen LogP contribution >= 0.6 is 0 Å².